The minimum Gasteiger partial charge on any atom is -0.291 e. The van der Waals surface area contributed by atoms with Crippen LogP contribution in [-0.2, 0) is 17.1 Å². The number of hydrogen-bond donors (Lipinski definition) is 2. The first kappa shape index (κ1) is 25.1. The molecule has 1 heterocycles. The Morgan fingerprint density at radius 2 is 1.60 bits per heavy atom. The third-order valence-electron chi connectivity index (χ3n) is 3.58. The summed E-state index contributed by atoms with van der Waals surface area (Å²) in [6.45, 7) is 4.42. The number of carbonyl (C=O) groups is 1. The van der Waals surface area contributed by atoms with E-state index in [0.29, 0.717) is 12.1 Å². The van der Waals surface area contributed by atoms with Crippen LogP contribution in [0.5, 0.6) is 0 Å². The van der Waals surface area contributed by atoms with Crippen LogP contribution in [0.2, 0.25) is 0 Å². The lowest BCUT2D eigenvalue weighted by Gasteiger charge is -2.13. The van der Waals surface area contributed by atoms with Crippen LogP contribution in [0.4, 0.5) is 26.3 Å². The Bertz CT molecular complexity index is 823. The molecule has 0 aliphatic heterocycles. The number of aromatic nitrogens is 3. The zero-order valence-corrected chi connectivity index (χ0v) is 16.2. The van der Waals surface area contributed by atoms with Crippen molar-refractivity contribution < 1.29 is 31.1 Å². The van der Waals surface area contributed by atoms with Crippen LogP contribution in [0.3, 0.4) is 0 Å². The van der Waals surface area contributed by atoms with E-state index >= 15 is 0 Å². The average Bonchev–Trinajstić information content (AvgIpc) is 3.14. The van der Waals surface area contributed by atoms with Gasteiger partial charge in [-0.05, 0) is 18.2 Å². The maximum absolute atomic E-state index is 12.8. The Morgan fingerprint density at radius 3 is 2.00 bits per heavy atom. The standard InChI is InChI=1S/C13H9F6N5O.C5H12/c14-12(15,16)8-3-7(4-9(5-8)13(17,18)19)11-21-6-24(23-11)2-1-10(25)22-20;1-3-5-4-2/h1-6H,20H2,(H,22,25);3-5H2,1-2H3/b2-1-;. The van der Waals surface area contributed by atoms with Crippen molar-refractivity contribution in [2.24, 2.45) is 5.84 Å². The molecular weight excluding hydrogens is 416 g/mol. The number of hydrogen-bond acceptors (Lipinski definition) is 4. The molecule has 3 N–H and O–H groups in total. The van der Waals surface area contributed by atoms with E-state index in [-0.39, 0.29) is 11.9 Å². The van der Waals surface area contributed by atoms with E-state index in [9.17, 15) is 31.1 Å². The molecule has 0 saturated heterocycles. The number of hydrazine groups is 1. The smallest absolute Gasteiger partial charge is 0.291 e. The van der Waals surface area contributed by atoms with E-state index < -0.39 is 35.0 Å². The van der Waals surface area contributed by atoms with Gasteiger partial charge in [0.05, 0.1) is 11.1 Å². The Labute approximate surface area is 168 Å². The van der Waals surface area contributed by atoms with E-state index in [1.165, 1.54) is 19.3 Å². The number of alkyl halides is 6. The van der Waals surface area contributed by atoms with Crippen molar-refractivity contribution in [3.05, 3.63) is 41.7 Å². The molecule has 0 aliphatic rings. The van der Waals surface area contributed by atoms with E-state index in [1.54, 1.807) is 5.43 Å². The Balaban J connectivity index is 0.000000804. The van der Waals surface area contributed by atoms with Crippen LogP contribution in [0.15, 0.2) is 30.6 Å². The first-order chi connectivity index (χ1) is 13.9. The fourth-order valence-corrected chi connectivity index (χ4v) is 2.11. The summed E-state index contributed by atoms with van der Waals surface area (Å²) in [6, 6.07) is 1.02. The second-order valence-corrected chi connectivity index (χ2v) is 6.02. The summed E-state index contributed by atoms with van der Waals surface area (Å²) in [6.07, 6.45) is -2.87. The molecule has 30 heavy (non-hydrogen) atoms. The number of rotatable bonds is 5. The SMILES string of the molecule is CCCCC.NNC(=O)/C=C\n1cnc(-c2cc(C(F)(F)F)cc(C(F)(F)F)c2)n1. The summed E-state index contributed by atoms with van der Waals surface area (Å²) in [7, 11) is 0. The molecule has 2 aromatic rings. The lowest BCUT2D eigenvalue weighted by atomic mass is 10.0. The van der Waals surface area contributed by atoms with Gasteiger partial charge < -0.3 is 0 Å². The minimum atomic E-state index is -4.97. The number of unbranched alkanes of at least 4 members (excludes halogenated alkanes) is 2. The molecule has 2 rings (SSSR count). The summed E-state index contributed by atoms with van der Waals surface area (Å²) >= 11 is 0. The van der Waals surface area contributed by atoms with Gasteiger partial charge in [0.2, 0.25) is 0 Å². The van der Waals surface area contributed by atoms with Crippen LogP contribution in [0.1, 0.15) is 44.2 Å². The number of halogens is 6. The topological polar surface area (TPSA) is 85.8 Å². The van der Waals surface area contributed by atoms with Crippen molar-refractivity contribution in [3.63, 3.8) is 0 Å². The van der Waals surface area contributed by atoms with Gasteiger partial charge in [0.25, 0.3) is 5.91 Å². The highest BCUT2D eigenvalue weighted by Gasteiger charge is 2.37. The molecule has 166 valence electrons. The van der Waals surface area contributed by atoms with Gasteiger partial charge in [0.15, 0.2) is 5.82 Å². The monoisotopic (exact) mass is 437 g/mol. The molecule has 0 spiro atoms. The number of benzene rings is 1. The van der Waals surface area contributed by atoms with Crippen molar-refractivity contribution in [2.75, 3.05) is 0 Å². The van der Waals surface area contributed by atoms with Crippen LogP contribution < -0.4 is 11.3 Å². The van der Waals surface area contributed by atoms with Gasteiger partial charge in [-0.1, -0.05) is 33.1 Å². The molecule has 0 fully saturated rings. The summed E-state index contributed by atoms with van der Waals surface area (Å²) in [5, 5.41) is 3.70. The minimum absolute atomic E-state index is 0.00593. The molecule has 6 nitrogen and oxygen atoms in total. The number of nitrogens with one attached hydrogen (secondary N) is 1. The molecule has 12 heteroatoms. The number of amides is 1. The summed E-state index contributed by atoms with van der Waals surface area (Å²) in [5.74, 6) is 3.76. The quantitative estimate of drug-likeness (QED) is 0.235. The third-order valence-corrected chi connectivity index (χ3v) is 3.58. The highest BCUT2D eigenvalue weighted by atomic mass is 19.4. The van der Waals surface area contributed by atoms with Crippen LogP contribution in [0.25, 0.3) is 17.6 Å². The third kappa shape index (κ3) is 7.85. The van der Waals surface area contributed by atoms with E-state index in [2.05, 4.69) is 23.9 Å². The Kier molecular flexibility index (Phi) is 9.02. The highest BCUT2D eigenvalue weighted by molar-refractivity contribution is 5.89. The maximum Gasteiger partial charge on any atom is 0.416 e. The van der Waals surface area contributed by atoms with Crippen LogP contribution >= 0.6 is 0 Å². The van der Waals surface area contributed by atoms with Crippen molar-refractivity contribution in [1.29, 1.82) is 0 Å². The van der Waals surface area contributed by atoms with E-state index in [0.717, 1.165) is 23.3 Å². The predicted octanol–water partition coefficient (Wildman–Crippen LogP) is 4.64. The van der Waals surface area contributed by atoms with Crippen LogP contribution in [0, 0.1) is 0 Å². The number of carbonyl (C=O) groups excluding carboxylic acids is 1. The van der Waals surface area contributed by atoms with E-state index in [4.69, 9.17) is 5.84 Å². The molecule has 0 radical (unpaired) electrons. The molecule has 1 aromatic carbocycles. The van der Waals surface area contributed by atoms with Gasteiger partial charge in [0, 0.05) is 17.8 Å². The number of nitrogens with two attached hydrogens (primary N) is 1. The molecule has 0 aliphatic carbocycles. The van der Waals surface area contributed by atoms with E-state index in [1.807, 2.05) is 0 Å². The second kappa shape index (κ2) is 10.8. The molecule has 0 saturated carbocycles. The number of nitrogens with zero attached hydrogens (tertiary/aromatic N) is 3. The summed E-state index contributed by atoms with van der Waals surface area (Å²) in [4.78, 5) is 14.6. The van der Waals surface area contributed by atoms with Gasteiger partial charge in [0.1, 0.15) is 6.33 Å². The first-order valence-electron chi connectivity index (χ1n) is 8.82. The molecule has 1 amide bonds. The lowest BCUT2D eigenvalue weighted by molar-refractivity contribution is -0.143. The highest BCUT2D eigenvalue weighted by Crippen LogP contribution is 2.37. The molecule has 0 unspecified atom stereocenters. The Hall–Kier alpha value is -2.89. The molecule has 1 aromatic heterocycles. The first-order valence-corrected chi connectivity index (χ1v) is 8.82. The van der Waals surface area contributed by atoms with Crippen LogP contribution in [-0.4, -0.2) is 20.7 Å². The van der Waals surface area contributed by atoms with Crippen molar-refractivity contribution >= 4 is 12.1 Å². The fourth-order valence-electron chi connectivity index (χ4n) is 2.11. The van der Waals surface area contributed by atoms with Gasteiger partial charge in [-0.15, -0.1) is 5.10 Å². The molecule has 0 atom stereocenters. The van der Waals surface area contributed by atoms with Gasteiger partial charge in [-0.2, -0.15) is 26.3 Å². The largest absolute Gasteiger partial charge is 0.416 e. The summed E-state index contributed by atoms with van der Waals surface area (Å²) < 4.78 is 77.9. The van der Waals surface area contributed by atoms with Gasteiger partial charge >= 0.3 is 12.4 Å². The zero-order valence-electron chi connectivity index (χ0n) is 16.2. The Morgan fingerprint density at radius 1 is 1.07 bits per heavy atom. The second-order valence-electron chi connectivity index (χ2n) is 6.02. The molecular formula is C18H21F6N5O. The fraction of sp³-hybridized carbons (Fsp3) is 0.389. The van der Waals surface area contributed by atoms with Crippen molar-refractivity contribution in [3.8, 4) is 11.4 Å². The molecule has 0 bridgehead atoms. The normalized spacial score (nSPS) is 11.9. The zero-order chi connectivity index (χ0) is 22.9. The summed E-state index contributed by atoms with van der Waals surface area (Å²) in [5.41, 5.74) is -1.65. The van der Waals surface area contributed by atoms with Crippen molar-refractivity contribution in [2.45, 2.75) is 45.5 Å². The van der Waals surface area contributed by atoms with Crippen molar-refractivity contribution in [1.82, 2.24) is 20.2 Å². The predicted molar refractivity (Wildman–Crippen MR) is 98.3 cm³/mol. The maximum atomic E-state index is 12.8. The van der Waals surface area contributed by atoms with Gasteiger partial charge in [-0.25, -0.2) is 15.5 Å². The van der Waals surface area contributed by atoms with Gasteiger partial charge in [-0.3, -0.25) is 10.2 Å². The average molecular weight is 437 g/mol. The lowest BCUT2D eigenvalue weighted by Crippen LogP contribution is -2.28.